The van der Waals surface area contributed by atoms with Crippen molar-refractivity contribution < 1.29 is 23.1 Å². The molecule has 0 saturated heterocycles. The third kappa shape index (κ3) is 4.96. The Morgan fingerprint density at radius 3 is 2.39 bits per heavy atom. The van der Waals surface area contributed by atoms with E-state index in [0.717, 1.165) is 22.7 Å². The van der Waals surface area contributed by atoms with Gasteiger partial charge in [0, 0.05) is 18.6 Å². The lowest BCUT2D eigenvalue weighted by atomic mass is 10.1. The number of nitrogens with zero attached hydrogens (tertiary/aromatic N) is 4. The average Bonchev–Trinajstić information content (AvgIpc) is 2.99. The Morgan fingerprint density at radius 1 is 1.21 bits per heavy atom. The molecule has 2 heterocycles. The second-order valence-corrected chi connectivity index (χ2v) is 6.26. The largest absolute Gasteiger partial charge is 0.490 e. The number of carboxylic acid groups (broad SMARTS) is 1. The minimum Gasteiger partial charge on any atom is -0.475 e. The van der Waals surface area contributed by atoms with Crippen LogP contribution < -0.4 is 4.90 Å². The smallest absolute Gasteiger partial charge is 0.475 e. The third-order valence-electron chi connectivity index (χ3n) is 3.90. The van der Waals surface area contributed by atoms with Crippen molar-refractivity contribution in [3.05, 3.63) is 47.2 Å². The zero-order chi connectivity index (χ0) is 21.1. The van der Waals surface area contributed by atoms with Crippen LogP contribution in [-0.4, -0.2) is 44.5 Å². The van der Waals surface area contributed by atoms with Gasteiger partial charge in [0.05, 0.1) is 17.7 Å². The highest BCUT2D eigenvalue weighted by molar-refractivity contribution is 5.94. The molecular weight excluding hydrogens is 375 g/mol. The molecule has 28 heavy (non-hydrogen) atoms. The number of fused-ring (bicyclic) bond motifs is 1. The number of para-hydroxylation sites is 1. The summed E-state index contributed by atoms with van der Waals surface area (Å²) in [4.78, 5) is 20.0. The number of H-pyrrole nitrogens is 1. The number of aryl methyl sites for hydroxylation is 3. The molecule has 0 saturated carbocycles. The van der Waals surface area contributed by atoms with E-state index in [1.165, 1.54) is 16.6 Å². The number of hydrogen-bond acceptors (Lipinski definition) is 5. The Hall–Kier alpha value is -3.17. The van der Waals surface area contributed by atoms with Gasteiger partial charge in [-0.25, -0.2) is 9.78 Å². The molecule has 0 radical (unpaired) electrons. The second-order valence-electron chi connectivity index (χ2n) is 6.26. The van der Waals surface area contributed by atoms with Gasteiger partial charge in [0.1, 0.15) is 5.82 Å². The quantitative estimate of drug-likeness (QED) is 0.704. The van der Waals surface area contributed by atoms with Crippen molar-refractivity contribution in [1.82, 2.24) is 20.2 Å². The monoisotopic (exact) mass is 395 g/mol. The molecule has 0 spiro atoms. The summed E-state index contributed by atoms with van der Waals surface area (Å²) in [6.45, 7) is 6.75. The first-order chi connectivity index (χ1) is 13.0. The number of aromatic amines is 1. The molecule has 150 valence electrons. The summed E-state index contributed by atoms with van der Waals surface area (Å²) in [5.41, 5.74) is 4.58. The second kappa shape index (κ2) is 8.24. The number of aliphatic carboxylic acids is 1. The van der Waals surface area contributed by atoms with Gasteiger partial charge in [-0.05, 0) is 31.9 Å². The van der Waals surface area contributed by atoms with E-state index in [1.807, 2.05) is 13.1 Å². The molecule has 2 N–H and O–H groups in total. The fourth-order valence-electron chi connectivity index (χ4n) is 2.71. The zero-order valence-electron chi connectivity index (χ0n) is 15.8. The lowest BCUT2D eigenvalue weighted by Crippen LogP contribution is -2.21. The van der Waals surface area contributed by atoms with E-state index in [4.69, 9.17) is 9.90 Å². The third-order valence-corrected chi connectivity index (χ3v) is 3.90. The number of alkyl halides is 3. The number of aromatic nitrogens is 4. The first kappa shape index (κ1) is 21.1. The highest BCUT2D eigenvalue weighted by Gasteiger charge is 2.38. The van der Waals surface area contributed by atoms with Gasteiger partial charge in [-0.3, -0.25) is 10.1 Å². The number of nitrogens with one attached hydrogen (secondary N) is 1. The molecule has 0 atom stereocenters. The van der Waals surface area contributed by atoms with Crippen LogP contribution in [-0.2, 0) is 11.3 Å². The van der Waals surface area contributed by atoms with Gasteiger partial charge < -0.3 is 10.0 Å². The molecular formula is C18H20F3N5O2. The molecule has 10 heteroatoms. The summed E-state index contributed by atoms with van der Waals surface area (Å²) in [7, 11) is 2.07. The van der Waals surface area contributed by atoms with Crippen LogP contribution in [0.25, 0.3) is 10.9 Å². The van der Waals surface area contributed by atoms with E-state index in [0.29, 0.717) is 6.54 Å². The van der Waals surface area contributed by atoms with Gasteiger partial charge >= 0.3 is 12.1 Å². The maximum absolute atomic E-state index is 10.6. The number of benzene rings is 1. The van der Waals surface area contributed by atoms with Gasteiger partial charge in [-0.1, -0.05) is 18.2 Å². The van der Waals surface area contributed by atoms with Gasteiger partial charge in [0.15, 0.2) is 5.82 Å². The Morgan fingerprint density at radius 2 is 1.86 bits per heavy atom. The molecule has 3 aromatic rings. The van der Waals surface area contributed by atoms with E-state index in [1.54, 1.807) is 0 Å². The summed E-state index contributed by atoms with van der Waals surface area (Å²) in [5.74, 6) is -1.12. The Kier molecular flexibility index (Phi) is 6.22. The van der Waals surface area contributed by atoms with Gasteiger partial charge in [-0.15, -0.1) is 0 Å². The van der Waals surface area contributed by atoms with E-state index in [-0.39, 0.29) is 0 Å². The van der Waals surface area contributed by atoms with Crippen molar-refractivity contribution in [2.45, 2.75) is 33.5 Å². The van der Waals surface area contributed by atoms with Crippen molar-refractivity contribution in [3.63, 3.8) is 0 Å². The molecule has 1 aromatic carbocycles. The zero-order valence-corrected chi connectivity index (χ0v) is 15.8. The summed E-state index contributed by atoms with van der Waals surface area (Å²) in [6, 6.07) is 6.29. The van der Waals surface area contributed by atoms with Crippen molar-refractivity contribution in [2.75, 3.05) is 11.9 Å². The number of anilines is 1. The minimum atomic E-state index is -5.08. The standard InChI is InChI=1S/C16H19N5.C2HF3O2/c1-10-6-5-7-13-15(10)17-8-11(2)16(13)21(4)9-14-18-12(3)19-20-14;3-2(4,5)1(6)7/h5-8H,9H2,1-4H3,(H,18,19,20);(H,6,7). The molecule has 0 aliphatic heterocycles. The number of halogens is 3. The normalized spacial score (nSPS) is 11.1. The molecule has 0 bridgehead atoms. The SMILES string of the molecule is Cc1nc(CN(C)c2c(C)cnc3c(C)cccc23)n[nH]1.O=C(O)C(F)(F)F. The number of rotatable bonds is 3. The first-order valence-corrected chi connectivity index (χ1v) is 8.24. The summed E-state index contributed by atoms with van der Waals surface area (Å²) in [6.07, 6.45) is -3.15. The summed E-state index contributed by atoms with van der Waals surface area (Å²) >= 11 is 0. The van der Waals surface area contributed by atoms with Crippen LogP contribution in [0.5, 0.6) is 0 Å². The Labute approximate surface area is 159 Å². The number of pyridine rings is 1. The van der Waals surface area contributed by atoms with Crippen LogP contribution in [0.15, 0.2) is 24.4 Å². The number of carboxylic acids is 1. The van der Waals surface area contributed by atoms with Crippen LogP contribution in [0.3, 0.4) is 0 Å². The van der Waals surface area contributed by atoms with E-state index in [9.17, 15) is 13.2 Å². The molecule has 0 amide bonds. The first-order valence-electron chi connectivity index (χ1n) is 8.24. The average molecular weight is 395 g/mol. The maximum Gasteiger partial charge on any atom is 0.490 e. The number of carbonyl (C=O) groups is 1. The molecule has 0 aliphatic carbocycles. The number of hydrogen-bond donors (Lipinski definition) is 2. The van der Waals surface area contributed by atoms with E-state index in [2.05, 4.69) is 64.2 Å². The van der Waals surface area contributed by atoms with Gasteiger partial charge in [0.25, 0.3) is 0 Å². The van der Waals surface area contributed by atoms with Crippen LogP contribution in [0.1, 0.15) is 22.8 Å². The predicted molar refractivity (Wildman–Crippen MR) is 98.1 cm³/mol. The molecule has 0 fully saturated rings. The van der Waals surface area contributed by atoms with Crippen LogP contribution in [0.4, 0.5) is 18.9 Å². The summed E-state index contributed by atoms with van der Waals surface area (Å²) in [5, 5.41) is 15.4. The highest BCUT2D eigenvalue weighted by Crippen LogP contribution is 2.30. The van der Waals surface area contributed by atoms with Crippen molar-refractivity contribution >= 4 is 22.6 Å². The van der Waals surface area contributed by atoms with Crippen molar-refractivity contribution in [2.24, 2.45) is 0 Å². The molecule has 0 aliphatic rings. The van der Waals surface area contributed by atoms with E-state index < -0.39 is 12.1 Å². The molecule has 7 nitrogen and oxygen atoms in total. The van der Waals surface area contributed by atoms with Crippen molar-refractivity contribution in [3.8, 4) is 0 Å². The fraction of sp³-hybridized carbons (Fsp3) is 0.333. The lowest BCUT2D eigenvalue weighted by molar-refractivity contribution is -0.192. The predicted octanol–water partition coefficient (Wildman–Crippen LogP) is 3.55. The van der Waals surface area contributed by atoms with Crippen LogP contribution >= 0.6 is 0 Å². The van der Waals surface area contributed by atoms with Crippen molar-refractivity contribution in [1.29, 1.82) is 0 Å². The van der Waals surface area contributed by atoms with Crippen LogP contribution in [0, 0.1) is 20.8 Å². The molecule has 3 rings (SSSR count). The minimum absolute atomic E-state index is 0.665. The van der Waals surface area contributed by atoms with Crippen LogP contribution in [0.2, 0.25) is 0 Å². The highest BCUT2D eigenvalue weighted by atomic mass is 19.4. The topological polar surface area (TPSA) is 95.0 Å². The van der Waals surface area contributed by atoms with Gasteiger partial charge in [-0.2, -0.15) is 18.3 Å². The lowest BCUT2D eigenvalue weighted by Gasteiger charge is -2.22. The van der Waals surface area contributed by atoms with Gasteiger partial charge in [0.2, 0.25) is 0 Å². The Balaban J connectivity index is 0.000000345. The Bertz CT molecular complexity index is 985. The summed E-state index contributed by atoms with van der Waals surface area (Å²) < 4.78 is 31.7. The molecule has 2 aromatic heterocycles. The van der Waals surface area contributed by atoms with E-state index >= 15 is 0 Å². The fourth-order valence-corrected chi connectivity index (χ4v) is 2.71. The maximum atomic E-state index is 10.6. The molecule has 0 unspecified atom stereocenters.